The lowest BCUT2D eigenvalue weighted by atomic mass is 9.48. The molecule has 7 rings (SSSR count). The molecular formula is C25H28N4O3. The number of nitriles is 1. The third kappa shape index (κ3) is 3.12. The fraction of sp³-hybridized carbons (Fsp3) is 0.560. The minimum atomic E-state index is -0.845. The molecule has 5 unspecified atom stereocenters. The van der Waals surface area contributed by atoms with Crippen molar-refractivity contribution in [3.63, 3.8) is 0 Å². The van der Waals surface area contributed by atoms with Crippen LogP contribution in [0.4, 0.5) is 10.6 Å². The summed E-state index contributed by atoms with van der Waals surface area (Å²) in [4.78, 5) is 18.5. The van der Waals surface area contributed by atoms with E-state index in [4.69, 9.17) is 10.2 Å². The van der Waals surface area contributed by atoms with Gasteiger partial charge in [0.05, 0.1) is 34.8 Å². The fourth-order valence-corrected chi connectivity index (χ4v) is 7.72. The summed E-state index contributed by atoms with van der Waals surface area (Å²) in [6.45, 7) is 0.528. The summed E-state index contributed by atoms with van der Waals surface area (Å²) in [5.74, 6) is 2.43. The van der Waals surface area contributed by atoms with Gasteiger partial charge < -0.3 is 20.4 Å². The van der Waals surface area contributed by atoms with Crippen molar-refractivity contribution < 1.29 is 15.0 Å². The quantitative estimate of drug-likeness (QED) is 0.680. The predicted molar refractivity (Wildman–Crippen MR) is 119 cm³/mol. The number of hydrogen-bond donors (Lipinski definition) is 3. The first-order valence-corrected chi connectivity index (χ1v) is 11.7. The van der Waals surface area contributed by atoms with Gasteiger partial charge in [-0.25, -0.2) is 9.78 Å². The average Bonchev–Trinajstić information content (AvgIpc) is 3.15. The van der Waals surface area contributed by atoms with Crippen LogP contribution in [0.1, 0.15) is 44.1 Å². The van der Waals surface area contributed by atoms with E-state index < -0.39 is 11.7 Å². The Morgan fingerprint density at radius 1 is 1.19 bits per heavy atom. The number of nitrogens with zero attached hydrogens (tertiary/aromatic N) is 3. The Balaban J connectivity index is 1.30. The number of hydrogen-bond acceptors (Lipinski definition) is 5. The molecule has 4 bridgehead atoms. The highest BCUT2D eigenvalue weighted by Gasteiger charge is 2.59. The first-order valence-electron chi connectivity index (χ1n) is 11.7. The molecule has 1 aromatic heterocycles. The van der Waals surface area contributed by atoms with Gasteiger partial charge in [0, 0.05) is 11.9 Å². The number of carboxylic acid groups (broad SMARTS) is 1. The van der Waals surface area contributed by atoms with Gasteiger partial charge in [-0.2, -0.15) is 5.26 Å². The Morgan fingerprint density at radius 2 is 1.97 bits per heavy atom. The van der Waals surface area contributed by atoms with Crippen molar-refractivity contribution in [1.82, 2.24) is 9.88 Å². The lowest BCUT2D eigenvalue weighted by Gasteiger charge is -2.60. The summed E-state index contributed by atoms with van der Waals surface area (Å²) < 4.78 is 0. The third-order valence-corrected chi connectivity index (χ3v) is 8.56. The van der Waals surface area contributed by atoms with E-state index in [1.54, 1.807) is 11.0 Å². The van der Waals surface area contributed by atoms with Crippen molar-refractivity contribution in [3.8, 4) is 6.07 Å². The SMILES string of the molecule is N#Cc1ccc2nc(NC3CCN(C(=O)O)C3C3[C@@H]4CC5C[C@H]3CC(O)(C5)C4)ccc2c1. The molecule has 2 heterocycles. The summed E-state index contributed by atoms with van der Waals surface area (Å²) in [6.07, 6.45) is 4.71. The minimum Gasteiger partial charge on any atom is -0.465 e. The van der Waals surface area contributed by atoms with Crippen molar-refractivity contribution in [1.29, 1.82) is 5.26 Å². The Morgan fingerprint density at radius 3 is 2.66 bits per heavy atom. The van der Waals surface area contributed by atoms with Crippen LogP contribution in [0.15, 0.2) is 30.3 Å². The van der Waals surface area contributed by atoms with Crippen LogP contribution >= 0.6 is 0 Å². The van der Waals surface area contributed by atoms with E-state index in [0.717, 1.165) is 55.2 Å². The zero-order valence-corrected chi connectivity index (χ0v) is 17.9. The Bertz CT molecular complexity index is 1110. The molecule has 7 heteroatoms. The number of nitrogens with one attached hydrogen (secondary N) is 1. The maximum absolute atomic E-state index is 12.2. The number of aliphatic hydroxyl groups is 1. The summed E-state index contributed by atoms with van der Waals surface area (Å²) in [7, 11) is 0. The molecule has 7 atom stereocenters. The van der Waals surface area contributed by atoms with Crippen LogP contribution in [-0.4, -0.2) is 50.4 Å². The van der Waals surface area contributed by atoms with Crippen LogP contribution in [0.5, 0.6) is 0 Å². The van der Waals surface area contributed by atoms with E-state index in [2.05, 4.69) is 11.4 Å². The first kappa shape index (κ1) is 19.8. The summed E-state index contributed by atoms with van der Waals surface area (Å²) >= 11 is 0. The summed E-state index contributed by atoms with van der Waals surface area (Å²) in [5.41, 5.74) is 0.900. The minimum absolute atomic E-state index is 0.00611. The molecule has 5 fully saturated rings. The third-order valence-electron chi connectivity index (χ3n) is 8.56. The molecular weight excluding hydrogens is 404 g/mol. The predicted octanol–water partition coefficient (Wildman–Crippen LogP) is 3.83. The van der Waals surface area contributed by atoms with E-state index in [1.807, 2.05) is 24.3 Å². The van der Waals surface area contributed by atoms with Crippen molar-refractivity contribution in [3.05, 3.63) is 35.9 Å². The molecule has 4 aliphatic carbocycles. The molecule has 3 N–H and O–H groups in total. The monoisotopic (exact) mass is 432 g/mol. The molecule has 166 valence electrons. The molecule has 32 heavy (non-hydrogen) atoms. The lowest BCUT2D eigenvalue weighted by Crippen LogP contribution is -2.61. The topological polar surface area (TPSA) is 109 Å². The molecule has 7 nitrogen and oxygen atoms in total. The molecule has 1 aromatic carbocycles. The van der Waals surface area contributed by atoms with Crippen LogP contribution in [0.2, 0.25) is 0 Å². The van der Waals surface area contributed by atoms with Crippen LogP contribution in [-0.2, 0) is 0 Å². The van der Waals surface area contributed by atoms with Crippen molar-refractivity contribution in [2.45, 2.75) is 56.2 Å². The Kier molecular flexibility index (Phi) is 4.38. The molecule has 5 aliphatic rings. The second-order valence-electron chi connectivity index (χ2n) is 10.5. The molecule has 1 aliphatic heterocycles. The average molecular weight is 433 g/mol. The highest BCUT2D eigenvalue weighted by Crippen LogP contribution is 2.60. The number of amides is 1. The van der Waals surface area contributed by atoms with E-state index in [0.29, 0.717) is 35.8 Å². The van der Waals surface area contributed by atoms with Crippen molar-refractivity contribution in [2.24, 2.45) is 23.7 Å². The van der Waals surface area contributed by atoms with Gasteiger partial charge in [0.1, 0.15) is 5.82 Å². The van der Waals surface area contributed by atoms with Crippen LogP contribution < -0.4 is 5.32 Å². The molecule has 1 saturated heterocycles. The molecule has 0 radical (unpaired) electrons. The van der Waals surface area contributed by atoms with Gasteiger partial charge in [0.15, 0.2) is 0 Å². The number of likely N-dealkylation sites (tertiary alicyclic amines) is 1. The molecule has 0 spiro atoms. The normalized spacial score (nSPS) is 37.6. The van der Waals surface area contributed by atoms with E-state index >= 15 is 0 Å². The second kappa shape index (κ2) is 7.08. The molecule has 1 amide bonds. The largest absolute Gasteiger partial charge is 0.465 e. The molecule has 4 saturated carbocycles. The maximum atomic E-state index is 12.2. The zero-order chi connectivity index (χ0) is 22.0. The first-order chi connectivity index (χ1) is 15.4. The van der Waals surface area contributed by atoms with Crippen molar-refractivity contribution >= 4 is 22.8 Å². The van der Waals surface area contributed by atoms with Gasteiger partial charge in [-0.05, 0) is 92.5 Å². The van der Waals surface area contributed by atoms with E-state index in [-0.39, 0.29) is 12.1 Å². The number of anilines is 1. The second-order valence-corrected chi connectivity index (χ2v) is 10.5. The number of benzene rings is 1. The van der Waals surface area contributed by atoms with Gasteiger partial charge in [-0.3, -0.25) is 0 Å². The zero-order valence-electron chi connectivity index (χ0n) is 17.9. The summed E-state index contributed by atoms with van der Waals surface area (Å²) in [6, 6.07) is 11.4. The standard InChI is InChI=1S/C25H28N4O3/c26-13-14-1-3-19-16(7-14)2-4-21(27-19)28-20-5-6-29(24(30)31)23(20)22-17-8-15-9-18(22)12-25(32,10-15)11-17/h1-4,7,15,17-18,20,22-23,32H,5-6,8-12H2,(H,27,28)(H,30,31)/t15?,17-,18+,20?,22?,23?,25?. The van der Waals surface area contributed by atoms with E-state index in [1.165, 1.54) is 0 Å². The van der Waals surface area contributed by atoms with Gasteiger partial charge in [-0.1, -0.05) is 0 Å². The number of pyridine rings is 1. The molecule has 2 aromatic rings. The number of carbonyl (C=O) groups is 1. The highest BCUT2D eigenvalue weighted by molar-refractivity contribution is 5.81. The Hall–Kier alpha value is -2.85. The van der Waals surface area contributed by atoms with Crippen LogP contribution in [0, 0.1) is 35.0 Å². The number of rotatable bonds is 3. The van der Waals surface area contributed by atoms with E-state index in [9.17, 15) is 15.0 Å². The van der Waals surface area contributed by atoms with Crippen molar-refractivity contribution in [2.75, 3.05) is 11.9 Å². The highest BCUT2D eigenvalue weighted by atomic mass is 16.4. The lowest BCUT2D eigenvalue weighted by molar-refractivity contribution is -0.162. The maximum Gasteiger partial charge on any atom is 0.407 e. The van der Waals surface area contributed by atoms with Gasteiger partial charge >= 0.3 is 6.09 Å². The van der Waals surface area contributed by atoms with Gasteiger partial charge in [0.25, 0.3) is 0 Å². The fourth-order valence-electron chi connectivity index (χ4n) is 7.72. The van der Waals surface area contributed by atoms with Crippen LogP contribution in [0.3, 0.4) is 0 Å². The Labute approximate surface area is 187 Å². The van der Waals surface area contributed by atoms with Gasteiger partial charge in [-0.15, -0.1) is 0 Å². The summed E-state index contributed by atoms with van der Waals surface area (Å²) in [5, 5.41) is 34.6. The van der Waals surface area contributed by atoms with Crippen LogP contribution in [0.25, 0.3) is 10.9 Å². The smallest absolute Gasteiger partial charge is 0.407 e. The van der Waals surface area contributed by atoms with Gasteiger partial charge in [0.2, 0.25) is 0 Å². The number of aromatic nitrogens is 1. The number of fused-ring (bicyclic) bond motifs is 1.